The van der Waals surface area contributed by atoms with Gasteiger partial charge in [0.25, 0.3) is 0 Å². The molecule has 176 valence electrons. The fourth-order valence-electron chi connectivity index (χ4n) is 3.14. The van der Waals surface area contributed by atoms with E-state index in [0.29, 0.717) is 22.3 Å². The Kier molecular flexibility index (Phi) is 9.28. The summed E-state index contributed by atoms with van der Waals surface area (Å²) in [5, 5.41) is 14.8. The zero-order chi connectivity index (χ0) is 23.8. The molecule has 0 aliphatic carbocycles. The van der Waals surface area contributed by atoms with Crippen molar-refractivity contribution in [2.75, 3.05) is 17.7 Å². The number of amides is 1. The highest BCUT2D eigenvalue weighted by molar-refractivity contribution is 7.99. The van der Waals surface area contributed by atoms with Crippen LogP contribution in [0.25, 0.3) is 11.4 Å². The van der Waals surface area contributed by atoms with E-state index in [0.717, 1.165) is 35.5 Å². The number of nitrogens with one attached hydrogen (secondary N) is 1. The van der Waals surface area contributed by atoms with Gasteiger partial charge in [0.05, 0.1) is 17.9 Å². The van der Waals surface area contributed by atoms with Gasteiger partial charge in [-0.25, -0.2) is 4.79 Å². The second-order valence-corrected chi connectivity index (χ2v) is 10.2. The van der Waals surface area contributed by atoms with Crippen LogP contribution < -0.4 is 5.32 Å². The van der Waals surface area contributed by atoms with Gasteiger partial charge in [-0.1, -0.05) is 38.1 Å². The van der Waals surface area contributed by atoms with E-state index in [4.69, 9.17) is 4.74 Å². The third-order valence-corrected chi connectivity index (χ3v) is 7.81. The summed E-state index contributed by atoms with van der Waals surface area (Å²) in [6.45, 7) is 10.6. The van der Waals surface area contributed by atoms with Crippen LogP contribution in [0.1, 0.15) is 47.3 Å². The minimum absolute atomic E-state index is 0.140. The molecule has 0 atom stereocenters. The Balaban J connectivity index is 1.71. The van der Waals surface area contributed by atoms with Gasteiger partial charge in [-0.2, -0.15) is 0 Å². The first-order valence-corrected chi connectivity index (χ1v) is 13.5. The number of thioether (sulfide) groups is 1. The van der Waals surface area contributed by atoms with Crippen molar-refractivity contribution in [3.63, 3.8) is 0 Å². The van der Waals surface area contributed by atoms with E-state index in [1.165, 1.54) is 28.0 Å². The Morgan fingerprint density at radius 1 is 1.24 bits per heavy atom. The number of aryl methyl sites for hydroxylation is 2. The van der Waals surface area contributed by atoms with Crippen molar-refractivity contribution in [3.05, 3.63) is 45.5 Å². The highest BCUT2D eigenvalue weighted by Crippen LogP contribution is 2.31. The van der Waals surface area contributed by atoms with Crippen molar-refractivity contribution in [2.45, 2.75) is 51.7 Å². The van der Waals surface area contributed by atoms with Crippen LogP contribution >= 0.6 is 34.4 Å². The number of nitrogens with zero attached hydrogens (tertiary/aromatic N) is 3. The van der Waals surface area contributed by atoms with Gasteiger partial charge in [0.2, 0.25) is 5.91 Å². The first-order chi connectivity index (χ1) is 16.0. The van der Waals surface area contributed by atoms with Gasteiger partial charge in [-0.3, -0.25) is 9.36 Å². The van der Waals surface area contributed by atoms with E-state index in [9.17, 15) is 9.59 Å². The average Bonchev–Trinajstić information content (AvgIpc) is 3.52. The normalized spacial score (nSPS) is 10.9. The van der Waals surface area contributed by atoms with Crippen LogP contribution in [-0.2, 0) is 28.9 Å². The Morgan fingerprint density at radius 2 is 2.06 bits per heavy atom. The third-order valence-electron chi connectivity index (χ3n) is 4.65. The predicted octanol–water partition coefficient (Wildman–Crippen LogP) is 5.68. The average molecular weight is 505 g/mol. The van der Waals surface area contributed by atoms with Gasteiger partial charge < -0.3 is 10.1 Å². The molecule has 0 saturated heterocycles. The predicted molar refractivity (Wildman–Crippen MR) is 137 cm³/mol. The number of anilines is 1. The lowest BCUT2D eigenvalue weighted by Gasteiger charge is -2.08. The summed E-state index contributed by atoms with van der Waals surface area (Å²) in [6, 6.07) is 3.93. The molecule has 7 nitrogen and oxygen atoms in total. The summed E-state index contributed by atoms with van der Waals surface area (Å²) in [7, 11) is 0. The fourth-order valence-corrected chi connectivity index (χ4v) is 5.86. The summed E-state index contributed by atoms with van der Waals surface area (Å²) in [6.07, 6.45) is 4.70. The van der Waals surface area contributed by atoms with Gasteiger partial charge in [0.1, 0.15) is 5.00 Å². The summed E-state index contributed by atoms with van der Waals surface area (Å²) < 4.78 is 7.09. The lowest BCUT2D eigenvalue weighted by molar-refractivity contribution is -0.113. The molecular formula is C23H28N4O3S3. The molecule has 3 aromatic rings. The molecule has 3 aromatic heterocycles. The van der Waals surface area contributed by atoms with Crippen LogP contribution in [0.5, 0.6) is 0 Å². The quantitative estimate of drug-likeness (QED) is 0.194. The number of rotatable bonds is 12. The first-order valence-electron chi connectivity index (χ1n) is 10.8. The van der Waals surface area contributed by atoms with Crippen LogP contribution in [0.3, 0.4) is 0 Å². The molecule has 0 aromatic carbocycles. The molecule has 10 heteroatoms. The smallest absolute Gasteiger partial charge is 0.341 e. The molecule has 1 amide bonds. The highest BCUT2D eigenvalue weighted by Gasteiger charge is 2.20. The molecule has 0 bridgehead atoms. The third kappa shape index (κ3) is 6.33. The Hall–Kier alpha value is -2.43. The maximum absolute atomic E-state index is 12.7. The van der Waals surface area contributed by atoms with Crippen molar-refractivity contribution in [2.24, 2.45) is 0 Å². The fraction of sp³-hybridized carbons (Fsp3) is 0.391. The molecule has 0 saturated carbocycles. The van der Waals surface area contributed by atoms with Crippen LogP contribution in [-0.4, -0.2) is 39.0 Å². The molecule has 0 radical (unpaired) electrons. The molecule has 1 N–H and O–H groups in total. The number of esters is 1. The summed E-state index contributed by atoms with van der Waals surface area (Å²) in [5.74, 6) is 0.268. The summed E-state index contributed by atoms with van der Waals surface area (Å²) in [5.41, 5.74) is 1.42. The Morgan fingerprint density at radius 3 is 2.76 bits per heavy atom. The molecule has 3 rings (SSSR count). The first kappa shape index (κ1) is 25.2. The number of aromatic nitrogens is 3. The molecule has 0 fully saturated rings. The van der Waals surface area contributed by atoms with Gasteiger partial charge in [0, 0.05) is 27.2 Å². The van der Waals surface area contributed by atoms with Crippen molar-refractivity contribution in [3.8, 4) is 11.4 Å². The van der Waals surface area contributed by atoms with Crippen LogP contribution in [0, 0.1) is 0 Å². The highest BCUT2D eigenvalue weighted by atomic mass is 32.2. The Bertz CT molecular complexity index is 1120. The van der Waals surface area contributed by atoms with Crippen molar-refractivity contribution in [1.82, 2.24) is 14.8 Å². The number of hydrogen-bond acceptors (Lipinski definition) is 8. The molecule has 0 unspecified atom stereocenters. The minimum Gasteiger partial charge on any atom is -0.462 e. The zero-order valence-corrected chi connectivity index (χ0v) is 21.5. The van der Waals surface area contributed by atoms with E-state index in [1.54, 1.807) is 30.4 Å². The number of hydrogen-bond donors (Lipinski definition) is 1. The SMILES string of the molecule is C=CCn1c(SCC(=O)Nc2sc(CC)cc2C(=O)OCC)nnc1-c1csc(CCC)c1. The lowest BCUT2D eigenvalue weighted by Crippen LogP contribution is -2.16. The molecule has 0 aliphatic heterocycles. The molecule has 0 spiro atoms. The van der Waals surface area contributed by atoms with E-state index >= 15 is 0 Å². The van der Waals surface area contributed by atoms with Gasteiger partial charge in [-0.05, 0) is 31.9 Å². The maximum atomic E-state index is 12.7. The van der Waals surface area contributed by atoms with Gasteiger partial charge in [-0.15, -0.1) is 39.4 Å². The standard InChI is InChI=1S/C23H28N4O3S3/c1-5-9-17-11-15(13-31-17)20-25-26-23(27(20)10-6-2)32-14-19(28)24-21-18(22(29)30-8-4)12-16(7-3)33-21/h6,11-13H,2,5,7-10,14H2,1,3-4H3,(H,24,28). The maximum Gasteiger partial charge on any atom is 0.341 e. The number of ether oxygens (including phenoxy) is 1. The second kappa shape index (κ2) is 12.2. The van der Waals surface area contributed by atoms with E-state index in [2.05, 4.69) is 40.5 Å². The van der Waals surface area contributed by atoms with Crippen LogP contribution in [0.2, 0.25) is 0 Å². The van der Waals surface area contributed by atoms with Crippen molar-refractivity contribution < 1.29 is 14.3 Å². The Labute approximate surface area is 206 Å². The number of carbonyl (C=O) groups excluding carboxylic acids is 2. The number of carbonyl (C=O) groups is 2. The van der Waals surface area contributed by atoms with Crippen LogP contribution in [0.15, 0.2) is 35.3 Å². The molecule has 3 heterocycles. The lowest BCUT2D eigenvalue weighted by atomic mass is 10.2. The summed E-state index contributed by atoms with van der Waals surface area (Å²) in [4.78, 5) is 27.3. The minimum atomic E-state index is -0.426. The van der Waals surface area contributed by atoms with Crippen LogP contribution in [0.4, 0.5) is 5.00 Å². The van der Waals surface area contributed by atoms with E-state index in [-0.39, 0.29) is 18.3 Å². The second-order valence-electron chi connectivity index (χ2n) is 7.12. The topological polar surface area (TPSA) is 86.1 Å². The monoisotopic (exact) mass is 504 g/mol. The zero-order valence-electron chi connectivity index (χ0n) is 19.1. The molecular weight excluding hydrogens is 476 g/mol. The number of thiophene rings is 2. The van der Waals surface area contributed by atoms with Crippen molar-refractivity contribution in [1.29, 1.82) is 0 Å². The van der Waals surface area contributed by atoms with Gasteiger partial charge in [0.15, 0.2) is 11.0 Å². The summed E-state index contributed by atoms with van der Waals surface area (Å²) >= 11 is 4.42. The number of allylic oxidation sites excluding steroid dienone is 1. The van der Waals surface area contributed by atoms with Crippen molar-refractivity contribution >= 4 is 51.3 Å². The van der Waals surface area contributed by atoms with E-state index < -0.39 is 5.97 Å². The molecule has 33 heavy (non-hydrogen) atoms. The van der Waals surface area contributed by atoms with Gasteiger partial charge >= 0.3 is 5.97 Å². The largest absolute Gasteiger partial charge is 0.462 e. The molecule has 0 aliphatic rings. The van der Waals surface area contributed by atoms with E-state index in [1.807, 2.05) is 11.5 Å².